The van der Waals surface area contributed by atoms with Crippen molar-refractivity contribution in [1.82, 2.24) is 14.7 Å². The fourth-order valence-corrected chi connectivity index (χ4v) is 4.19. The van der Waals surface area contributed by atoms with Gasteiger partial charge in [0.1, 0.15) is 5.02 Å². The van der Waals surface area contributed by atoms with E-state index in [-0.39, 0.29) is 23.0 Å². The van der Waals surface area contributed by atoms with Gasteiger partial charge in [0.25, 0.3) is 5.56 Å². The summed E-state index contributed by atoms with van der Waals surface area (Å²) in [6.45, 7) is 4.50. The van der Waals surface area contributed by atoms with Gasteiger partial charge in [0.05, 0.1) is 36.8 Å². The predicted octanol–water partition coefficient (Wildman–Crippen LogP) is 2.74. The van der Waals surface area contributed by atoms with Crippen LogP contribution in [0.25, 0.3) is 5.69 Å². The molecule has 0 saturated carbocycles. The summed E-state index contributed by atoms with van der Waals surface area (Å²) in [4.78, 5) is 41.2. The highest BCUT2D eigenvalue weighted by Gasteiger charge is 2.23. The van der Waals surface area contributed by atoms with Gasteiger partial charge in [-0.1, -0.05) is 35.9 Å². The molecule has 1 amide bonds. The molecule has 0 aliphatic carbocycles. The number of rotatable bonds is 6. The first-order valence-corrected chi connectivity index (χ1v) is 11.5. The van der Waals surface area contributed by atoms with Crippen molar-refractivity contribution in [2.75, 3.05) is 50.1 Å². The molecular weight excluding hydrogens is 470 g/mol. The summed E-state index contributed by atoms with van der Waals surface area (Å²) in [5.41, 5.74) is 2.66. The monoisotopic (exact) mass is 495 g/mol. The Morgan fingerprint density at radius 3 is 2.49 bits per heavy atom. The number of aromatic nitrogens is 2. The lowest BCUT2D eigenvalue weighted by atomic mass is 10.1. The molecule has 9 nitrogen and oxygen atoms in total. The van der Waals surface area contributed by atoms with E-state index in [9.17, 15) is 14.4 Å². The van der Waals surface area contributed by atoms with Crippen LogP contribution in [0.3, 0.4) is 0 Å². The van der Waals surface area contributed by atoms with Crippen LogP contribution >= 0.6 is 11.6 Å². The lowest BCUT2D eigenvalue weighted by molar-refractivity contribution is -0.117. The SMILES string of the molecule is COC(=O)c1ccc(C)c(NC(=O)CN2CCN(c3cnn(-c4ccccc4)c(=O)c3Cl)CC2)c1. The van der Waals surface area contributed by atoms with Crippen molar-refractivity contribution in [3.8, 4) is 5.69 Å². The number of carbonyl (C=O) groups excluding carboxylic acids is 2. The van der Waals surface area contributed by atoms with Crippen molar-refractivity contribution in [2.45, 2.75) is 6.92 Å². The number of hydrogen-bond donors (Lipinski definition) is 1. The van der Waals surface area contributed by atoms with Gasteiger partial charge in [0.2, 0.25) is 5.91 Å². The number of hydrogen-bond acceptors (Lipinski definition) is 7. The minimum atomic E-state index is -0.457. The van der Waals surface area contributed by atoms with Gasteiger partial charge in [-0.2, -0.15) is 9.78 Å². The summed E-state index contributed by atoms with van der Waals surface area (Å²) in [6.07, 6.45) is 1.61. The van der Waals surface area contributed by atoms with E-state index in [1.54, 1.807) is 36.5 Å². The number of esters is 1. The second-order valence-corrected chi connectivity index (χ2v) is 8.61. The maximum absolute atomic E-state index is 12.8. The number of para-hydroxylation sites is 1. The topological polar surface area (TPSA) is 96.8 Å². The summed E-state index contributed by atoms with van der Waals surface area (Å²) >= 11 is 6.43. The molecule has 1 aromatic heterocycles. The van der Waals surface area contributed by atoms with Crippen LogP contribution in [0.2, 0.25) is 5.02 Å². The smallest absolute Gasteiger partial charge is 0.337 e. The minimum absolute atomic E-state index is 0.121. The van der Waals surface area contributed by atoms with E-state index in [2.05, 4.69) is 10.4 Å². The number of ether oxygens (including phenoxy) is 1. The van der Waals surface area contributed by atoms with E-state index in [1.165, 1.54) is 11.8 Å². The van der Waals surface area contributed by atoms with E-state index >= 15 is 0 Å². The maximum atomic E-state index is 12.8. The number of nitrogens with one attached hydrogen (secondary N) is 1. The standard InChI is InChI=1S/C25H26ClN5O4/c1-17-8-9-18(25(34)35-2)14-20(17)28-22(32)16-29-10-12-30(13-11-29)21-15-27-31(24(33)23(21)26)19-6-4-3-5-7-19/h3-9,14-15H,10-13,16H2,1-2H3,(H,28,32). The molecule has 1 saturated heterocycles. The number of aryl methyl sites for hydroxylation is 1. The van der Waals surface area contributed by atoms with Crippen molar-refractivity contribution >= 4 is 34.9 Å². The summed E-state index contributed by atoms with van der Waals surface area (Å²) in [6, 6.07) is 14.2. The van der Waals surface area contributed by atoms with E-state index in [1.807, 2.05) is 34.9 Å². The highest BCUT2D eigenvalue weighted by Crippen LogP contribution is 2.23. The molecule has 0 unspecified atom stereocenters. The van der Waals surface area contributed by atoms with Crippen LogP contribution in [-0.4, -0.2) is 66.4 Å². The number of methoxy groups -OCH3 is 1. The number of amides is 1. The third-order valence-corrected chi connectivity index (χ3v) is 6.27. The van der Waals surface area contributed by atoms with Crippen molar-refractivity contribution in [3.05, 3.63) is 81.2 Å². The van der Waals surface area contributed by atoms with Crippen molar-refractivity contribution < 1.29 is 14.3 Å². The van der Waals surface area contributed by atoms with Crippen LogP contribution < -0.4 is 15.8 Å². The Kier molecular flexibility index (Phi) is 7.48. The van der Waals surface area contributed by atoms with E-state index in [0.717, 1.165) is 5.56 Å². The number of anilines is 2. The summed E-state index contributed by atoms with van der Waals surface area (Å²) in [5.74, 6) is -0.630. The normalized spacial score (nSPS) is 14.0. The van der Waals surface area contributed by atoms with Crippen LogP contribution in [0, 0.1) is 6.92 Å². The first-order valence-electron chi connectivity index (χ1n) is 11.2. The van der Waals surface area contributed by atoms with Gasteiger partial charge < -0.3 is 15.0 Å². The third-order valence-electron chi connectivity index (χ3n) is 5.91. The lowest BCUT2D eigenvalue weighted by Crippen LogP contribution is -2.49. The molecule has 1 aliphatic heterocycles. The van der Waals surface area contributed by atoms with Crippen LogP contribution in [0.1, 0.15) is 15.9 Å². The number of carbonyl (C=O) groups is 2. The first kappa shape index (κ1) is 24.4. The predicted molar refractivity (Wildman–Crippen MR) is 135 cm³/mol. The Morgan fingerprint density at radius 1 is 1.09 bits per heavy atom. The average Bonchev–Trinajstić information content (AvgIpc) is 2.87. The average molecular weight is 496 g/mol. The molecular formula is C25H26ClN5O4. The van der Waals surface area contributed by atoms with E-state index in [4.69, 9.17) is 16.3 Å². The van der Waals surface area contributed by atoms with E-state index in [0.29, 0.717) is 48.8 Å². The van der Waals surface area contributed by atoms with Crippen LogP contribution in [0.15, 0.2) is 59.5 Å². The minimum Gasteiger partial charge on any atom is -0.465 e. The van der Waals surface area contributed by atoms with Crippen LogP contribution in [-0.2, 0) is 9.53 Å². The lowest BCUT2D eigenvalue weighted by Gasteiger charge is -2.35. The Hall–Kier alpha value is -3.69. The summed E-state index contributed by atoms with van der Waals surface area (Å²) in [7, 11) is 1.32. The largest absolute Gasteiger partial charge is 0.465 e. The first-order chi connectivity index (χ1) is 16.9. The molecule has 2 aromatic carbocycles. The van der Waals surface area contributed by atoms with Gasteiger partial charge in [0.15, 0.2) is 0 Å². The van der Waals surface area contributed by atoms with Crippen LogP contribution in [0.5, 0.6) is 0 Å². The quantitative estimate of drug-likeness (QED) is 0.525. The van der Waals surface area contributed by atoms with Crippen molar-refractivity contribution in [2.24, 2.45) is 0 Å². The second kappa shape index (κ2) is 10.7. The Labute approximate surface area is 207 Å². The molecule has 3 aromatic rings. The zero-order valence-corrected chi connectivity index (χ0v) is 20.3. The van der Waals surface area contributed by atoms with Gasteiger partial charge in [-0.25, -0.2) is 4.79 Å². The molecule has 0 atom stereocenters. The van der Waals surface area contributed by atoms with Crippen LogP contribution in [0.4, 0.5) is 11.4 Å². The molecule has 4 rings (SSSR count). The number of benzene rings is 2. The Balaban J connectivity index is 1.36. The van der Waals surface area contributed by atoms with E-state index < -0.39 is 5.97 Å². The summed E-state index contributed by atoms with van der Waals surface area (Å²) in [5, 5.41) is 7.30. The van der Waals surface area contributed by atoms with Crippen molar-refractivity contribution in [1.29, 1.82) is 0 Å². The zero-order valence-electron chi connectivity index (χ0n) is 19.5. The fourth-order valence-electron chi connectivity index (χ4n) is 3.94. The molecule has 2 heterocycles. The van der Waals surface area contributed by atoms with Gasteiger partial charge >= 0.3 is 5.97 Å². The molecule has 35 heavy (non-hydrogen) atoms. The summed E-state index contributed by atoms with van der Waals surface area (Å²) < 4.78 is 6.03. The third kappa shape index (κ3) is 5.52. The highest BCUT2D eigenvalue weighted by atomic mass is 35.5. The molecule has 0 spiro atoms. The molecule has 10 heteroatoms. The van der Waals surface area contributed by atoms with Gasteiger partial charge in [0, 0.05) is 31.9 Å². The molecule has 182 valence electrons. The Morgan fingerprint density at radius 2 is 1.80 bits per heavy atom. The highest BCUT2D eigenvalue weighted by molar-refractivity contribution is 6.33. The molecule has 1 N–H and O–H groups in total. The molecule has 1 aliphatic rings. The zero-order chi connectivity index (χ0) is 24.9. The Bertz CT molecular complexity index is 1290. The second-order valence-electron chi connectivity index (χ2n) is 8.23. The number of halogens is 1. The number of piperazine rings is 1. The van der Waals surface area contributed by atoms with Gasteiger partial charge in [-0.15, -0.1) is 0 Å². The van der Waals surface area contributed by atoms with Gasteiger partial charge in [-0.05, 0) is 36.8 Å². The van der Waals surface area contributed by atoms with Crippen molar-refractivity contribution in [3.63, 3.8) is 0 Å². The number of nitrogens with zero attached hydrogens (tertiary/aromatic N) is 4. The molecule has 0 bridgehead atoms. The van der Waals surface area contributed by atoms with Gasteiger partial charge in [-0.3, -0.25) is 14.5 Å². The maximum Gasteiger partial charge on any atom is 0.337 e. The molecule has 0 radical (unpaired) electrons. The fraction of sp³-hybridized carbons (Fsp3) is 0.280. The molecule has 1 fully saturated rings.